The number of ether oxygens (including phenoxy) is 1. The number of hydrogen-bond acceptors (Lipinski definition) is 5. The molecule has 94 valence electrons. The van der Waals surface area contributed by atoms with Crippen LogP contribution in [-0.4, -0.2) is 40.5 Å². The van der Waals surface area contributed by atoms with Crippen molar-refractivity contribution in [1.29, 1.82) is 0 Å². The van der Waals surface area contributed by atoms with Crippen LogP contribution in [0, 0.1) is 5.92 Å². The van der Waals surface area contributed by atoms with E-state index in [0.717, 1.165) is 26.1 Å². The van der Waals surface area contributed by atoms with Gasteiger partial charge in [0.1, 0.15) is 5.69 Å². The van der Waals surface area contributed by atoms with Gasteiger partial charge in [-0.15, -0.1) is 5.10 Å². The van der Waals surface area contributed by atoms with Crippen molar-refractivity contribution < 1.29 is 9.53 Å². The fourth-order valence-corrected chi connectivity index (χ4v) is 1.99. The number of aromatic nitrogens is 3. The van der Waals surface area contributed by atoms with Gasteiger partial charge in [-0.3, -0.25) is 9.48 Å². The molecule has 6 heteroatoms. The van der Waals surface area contributed by atoms with Crippen molar-refractivity contribution in [3.05, 3.63) is 11.9 Å². The molecule has 0 amide bonds. The largest absolute Gasteiger partial charge is 0.381 e. The number of nitrogens with zero attached hydrogens (tertiary/aromatic N) is 3. The maximum absolute atomic E-state index is 11.9. The Labute approximate surface area is 100 Å². The molecule has 1 saturated heterocycles. The van der Waals surface area contributed by atoms with Gasteiger partial charge in [0, 0.05) is 26.2 Å². The molecule has 0 atom stereocenters. The van der Waals surface area contributed by atoms with Crippen LogP contribution >= 0.6 is 0 Å². The second-order valence-electron chi connectivity index (χ2n) is 4.34. The van der Waals surface area contributed by atoms with Gasteiger partial charge in [-0.05, 0) is 18.8 Å². The summed E-state index contributed by atoms with van der Waals surface area (Å²) in [5.41, 5.74) is 5.86. The second-order valence-corrected chi connectivity index (χ2v) is 4.34. The number of ketones is 1. The fourth-order valence-electron chi connectivity index (χ4n) is 1.99. The first-order valence-corrected chi connectivity index (χ1v) is 6.00. The number of nitrogens with two attached hydrogens (primary N) is 1. The Bertz CT molecular complexity index is 371. The summed E-state index contributed by atoms with van der Waals surface area (Å²) in [7, 11) is 0. The van der Waals surface area contributed by atoms with Crippen molar-refractivity contribution >= 4 is 5.78 Å². The van der Waals surface area contributed by atoms with Gasteiger partial charge in [0.15, 0.2) is 5.78 Å². The van der Waals surface area contributed by atoms with Gasteiger partial charge >= 0.3 is 0 Å². The maximum Gasteiger partial charge on any atom is 0.184 e. The number of carbonyl (C=O) groups excluding carboxylic acids is 1. The maximum atomic E-state index is 11.9. The average molecular weight is 238 g/mol. The van der Waals surface area contributed by atoms with Gasteiger partial charge in [0.05, 0.1) is 12.7 Å². The first kappa shape index (κ1) is 12.2. The zero-order valence-corrected chi connectivity index (χ0v) is 9.84. The molecule has 2 N–H and O–H groups in total. The van der Waals surface area contributed by atoms with E-state index in [2.05, 4.69) is 10.3 Å². The molecule has 0 unspecified atom stereocenters. The molecule has 1 aromatic rings. The minimum absolute atomic E-state index is 0.0696. The highest BCUT2D eigenvalue weighted by Crippen LogP contribution is 2.20. The molecule has 6 nitrogen and oxygen atoms in total. The topological polar surface area (TPSA) is 83.0 Å². The minimum atomic E-state index is 0.0696. The van der Waals surface area contributed by atoms with Crippen LogP contribution in [0.4, 0.5) is 0 Å². The first-order chi connectivity index (χ1) is 8.29. The fraction of sp³-hybridized carbons (Fsp3) is 0.727. The third-order valence-electron chi connectivity index (χ3n) is 3.00. The Kier molecular flexibility index (Phi) is 4.22. The van der Waals surface area contributed by atoms with Crippen LogP contribution in [0.5, 0.6) is 0 Å². The van der Waals surface area contributed by atoms with Crippen LogP contribution in [0.25, 0.3) is 0 Å². The van der Waals surface area contributed by atoms with Gasteiger partial charge in [-0.2, -0.15) is 0 Å². The third kappa shape index (κ3) is 3.34. The van der Waals surface area contributed by atoms with Gasteiger partial charge in [0.2, 0.25) is 0 Å². The lowest BCUT2D eigenvalue weighted by Crippen LogP contribution is -2.19. The van der Waals surface area contributed by atoms with Crippen LogP contribution in [0.15, 0.2) is 6.20 Å². The summed E-state index contributed by atoms with van der Waals surface area (Å²) in [6.07, 6.45) is 4.14. The molecule has 1 fully saturated rings. The monoisotopic (exact) mass is 238 g/mol. The van der Waals surface area contributed by atoms with E-state index in [9.17, 15) is 4.79 Å². The molecule has 2 rings (SSSR count). The molecule has 1 aromatic heterocycles. The number of carbonyl (C=O) groups is 1. The summed E-state index contributed by atoms with van der Waals surface area (Å²) in [5.74, 6) is 0.496. The molecule has 0 aromatic carbocycles. The number of Topliss-reactive ketones (excluding diaryl/α,β-unsaturated/α-hetero) is 1. The summed E-state index contributed by atoms with van der Waals surface area (Å²) in [6.45, 7) is 2.62. The van der Waals surface area contributed by atoms with Crippen LogP contribution in [0.2, 0.25) is 0 Å². The lowest BCUT2D eigenvalue weighted by molar-refractivity contribution is 0.0599. The Hall–Kier alpha value is -1.27. The SMILES string of the molecule is NCCn1cc(C(=O)CC2CCOCC2)nn1. The van der Waals surface area contributed by atoms with E-state index in [-0.39, 0.29) is 5.78 Å². The van der Waals surface area contributed by atoms with E-state index in [1.165, 1.54) is 0 Å². The predicted octanol–water partition coefficient (Wildman–Crippen LogP) is 0.236. The second kappa shape index (κ2) is 5.88. The lowest BCUT2D eigenvalue weighted by atomic mass is 9.94. The van der Waals surface area contributed by atoms with E-state index < -0.39 is 0 Å². The highest BCUT2D eigenvalue weighted by molar-refractivity contribution is 5.93. The van der Waals surface area contributed by atoms with Crippen molar-refractivity contribution in [2.24, 2.45) is 11.7 Å². The summed E-state index contributed by atoms with van der Waals surface area (Å²) in [6, 6.07) is 0. The zero-order valence-electron chi connectivity index (χ0n) is 9.84. The predicted molar refractivity (Wildman–Crippen MR) is 61.6 cm³/mol. The summed E-state index contributed by atoms with van der Waals surface area (Å²) in [4.78, 5) is 11.9. The van der Waals surface area contributed by atoms with E-state index in [1.54, 1.807) is 10.9 Å². The molecule has 0 radical (unpaired) electrons. The van der Waals surface area contributed by atoms with Crippen molar-refractivity contribution in [3.63, 3.8) is 0 Å². The zero-order chi connectivity index (χ0) is 12.1. The van der Waals surface area contributed by atoms with Gasteiger partial charge < -0.3 is 10.5 Å². The van der Waals surface area contributed by atoms with E-state index in [0.29, 0.717) is 31.1 Å². The molecule has 2 heterocycles. The van der Waals surface area contributed by atoms with Crippen molar-refractivity contribution in [3.8, 4) is 0 Å². The van der Waals surface area contributed by atoms with Crippen LogP contribution < -0.4 is 5.73 Å². The van der Waals surface area contributed by atoms with Crippen molar-refractivity contribution in [1.82, 2.24) is 15.0 Å². The Morgan fingerprint density at radius 1 is 1.53 bits per heavy atom. The molecular weight excluding hydrogens is 220 g/mol. The van der Waals surface area contributed by atoms with Gasteiger partial charge in [0.25, 0.3) is 0 Å². The van der Waals surface area contributed by atoms with Crippen LogP contribution in [0.3, 0.4) is 0 Å². The smallest absolute Gasteiger partial charge is 0.184 e. The Morgan fingerprint density at radius 3 is 3.00 bits per heavy atom. The number of hydrogen-bond donors (Lipinski definition) is 1. The van der Waals surface area contributed by atoms with Crippen molar-refractivity contribution in [2.75, 3.05) is 19.8 Å². The molecule has 0 aliphatic carbocycles. The molecule has 0 bridgehead atoms. The van der Waals surface area contributed by atoms with Crippen LogP contribution in [0.1, 0.15) is 29.8 Å². The van der Waals surface area contributed by atoms with Crippen molar-refractivity contribution in [2.45, 2.75) is 25.8 Å². The molecule has 17 heavy (non-hydrogen) atoms. The summed E-state index contributed by atoms with van der Waals surface area (Å²) >= 11 is 0. The summed E-state index contributed by atoms with van der Waals surface area (Å²) in [5, 5.41) is 7.74. The van der Waals surface area contributed by atoms with Crippen LogP contribution in [-0.2, 0) is 11.3 Å². The van der Waals surface area contributed by atoms with E-state index in [4.69, 9.17) is 10.5 Å². The first-order valence-electron chi connectivity index (χ1n) is 6.00. The quantitative estimate of drug-likeness (QED) is 0.743. The molecular formula is C11H18N4O2. The average Bonchev–Trinajstić information content (AvgIpc) is 2.79. The molecule has 1 aliphatic rings. The minimum Gasteiger partial charge on any atom is -0.381 e. The highest BCUT2D eigenvalue weighted by Gasteiger charge is 2.20. The van der Waals surface area contributed by atoms with Gasteiger partial charge in [-0.25, -0.2) is 0 Å². The molecule has 0 spiro atoms. The standard InChI is InChI=1S/C11H18N4O2/c12-3-4-15-8-10(13-14-15)11(16)7-9-1-5-17-6-2-9/h8-9H,1-7,12H2. The Balaban J connectivity index is 1.89. The highest BCUT2D eigenvalue weighted by atomic mass is 16.5. The number of rotatable bonds is 5. The molecule has 1 aliphatic heterocycles. The van der Waals surface area contributed by atoms with Gasteiger partial charge in [-0.1, -0.05) is 5.21 Å². The normalized spacial score (nSPS) is 17.2. The third-order valence-corrected chi connectivity index (χ3v) is 3.00. The summed E-state index contributed by atoms with van der Waals surface area (Å²) < 4.78 is 6.87. The lowest BCUT2D eigenvalue weighted by Gasteiger charge is -2.20. The van der Waals surface area contributed by atoms with E-state index in [1.807, 2.05) is 0 Å². The van der Waals surface area contributed by atoms with E-state index >= 15 is 0 Å². The Morgan fingerprint density at radius 2 is 2.29 bits per heavy atom. The molecule has 0 saturated carbocycles.